The van der Waals surface area contributed by atoms with Gasteiger partial charge in [-0.1, -0.05) is 42.5 Å². The lowest BCUT2D eigenvalue weighted by Crippen LogP contribution is -2.43. The van der Waals surface area contributed by atoms with E-state index in [1.165, 1.54) is 23.8 Å². The number of benzene rings is 2. The van der Waals surface area contributed by atoms with Crippen LogP contribution in [0.15, 0.2) is 54.6 Å². The van der Waals surface area contributed by atoms with Gasteiger partial charge in [-0.15, -0.1) is 11.8 Å². The van der Waals surface area contributed by atoms with Crippen LogP contribution >= 0.6 is 11.8 Å². The van der Waals surface area contributed by atoms with E-state index >= 15 is 0 Å². The molecule has 1 heterocycles. The number of methoxy groups -OCH3 is 1. The molecule has 0 radical (unpaired) electrons. The second-order valence-electron chi connectivity index (χ2n) is 6.10. The Labute approximate surface area is 166 Å². The highest BCUT2D eigenvalue weighted by molar-refractivity contribution is 7.99. The van der Waals surface area contributed by atoms with E-state index in [0.717, 1.165) is 5.56 Å². The Morgan fingerprint density at radius 2 is 1.89 bits per heavy atom. The first-order chi connectivity index (χ1) is 13.5. The third kappa shape index (κ3) is 4.28. The predicted octanol–water partition coefficient (Wildman–Crippen LogP) is 3.31. The van der Waals surface area contributed by atoms with Crippen molar-refractivity contribution in [3.05, 3.63) is 71.3 Å². The van der Waals surface area contributed by atoms with Gasteiger partial charge in [0.2, 0.25) is 0 Å². The fraction of sp³-hybridized carbons (Fsp3) is 0.250. The quantitative estimate of drug-likeness (QED) is 0.768. The number of aliphatic carboxylic acids is 1. The van der Waals surface area contributed by atoms with Crippen LogP contribution in [0.4, 0.5) is 4.79 Å². The molecular formula is C20H19NO6S. The number of thioether (sulfide) groups is 1. The maximum atomic E-state index is 12.7. The highest BCUT2D eigenvalue weighted by Crippen LogP contribution is 2.42. The van der Waals surface area contributed by atoms with Crippen LogP contribution < -0.4 is 0 Å². The number of esters is 1. The molecule has 0 aromatic heterocycles. The summed E-state index contributed by atoms with van der Waals surface area (Å²) in [6.45, 7) is 0.0437. The molecule has 8 heteroatoms. The largest absolute Gasteiger partial charge is 0.480 e. The number of carbonyl (C=O) groups excluding carboxylic acids is 2. The van der Waals surface area contributed by atoms with Gasteiger partial charge in [0.25, 0.3) is 0 Å². The minimum Gasteiger partial charge on any atom is -0.480 e. The average Bonchev–Trinajstić information content (AvgIpc) is 3.18. The lowest BCUT2D eigenvalue weighted by atomic mass is 10.1. The standard InChI is InChI=1S/C20H19NO6S/c1-26-19(24)15-9-5-8-14(10-15)17-21(16(12-28-17)18(22)23)20(25)27-11-13-6-3-2-4-7-13/h2-10,16-17H,11-12H2,1H3,(H,22,23)/t16?,17-/m1/s1. The Bertz CT molecular complexity index is 872. The summed E-state index contributed by atoms with van der Waals surface area (Å²) >= 11 is 1.31. The lowest BCUT2D eigenvalue weighted by Gasteiger charge is -2.27. The van der Waals surface area contributed by atoms with E-state index in [1.807, 2.05) is 30.3 Å². The van der Waals surface area contributed by atoms with Gasteiger partial charge in [0.15, 0.2) is 0 Å². The van der Waals surface area contributed by atoms with Gasteiger partial charge < -0.3 is 14.6 Å². The predicted molar refractivity (Wildman–Crippen MR) is 103 cm³/mol. The van der Waals surface area contributed by atoms with Gasteiger partial charge in [0.1, 0.15) is 18.0 Å². The summed E-state index contributed by atoms with van der Waals surface area (Å²) in [5, 5.41) is 8.95. The van der Waals surface area contributed by atoms with E-state index in [9.17, 15) is 19.5 Å². The molecule has 28 heavy (non-hydrogen) atoms. The fourth-order valence-corrected chi connectivity index (χ4v) is 4.31. The van der Waals surface area contributed by atoms with Crippen LogP contribution in [0.5, 0.6) is 0 Å². The summed E-state index contributed by atoms with van der Waals surface area (Å²) in [6.07, 6.45) is -0.713. The normalized spacial score (nSPS) is 18.5. The number of rotatable bonds is 5. The van der Waals surface area contributed by atoms with Gasteiger partial charge in [0.05, 0.1) is 12.7 Å². The van der Waals surface area contributed by atoms with E-state index in [-0.39, 0.29) is 12.4 Å². The summed E-state index contributed by atoms with van der Waals surface area (Å²) in [5.41, 5.74) is 1.77. The second-order valence-corrected chi connectivity index (χ2v) is 7.22. The van der Waals surface area contributed by atoms with Crippen molar-refractivity contribution in [2.24, 2.45) is 0 Å². The zero-order valence-corrected chi connectivity index (χ0v) is 15.9. The molecule has 3 rings (SSSR count). The number of hydrogen-bond acceptors (Lipinski definition) is 6. The van der Waals surface area contributed by atoms with Crippen LogP contribution in [0, 0.1) is 0 Å². The molecular weight excluding hydrogens is 382 g/mol. The van der Waals surface area contributed by atoms with Crippen molar-refractivity contribution in [1.29, 1.82) is 0 Å². The number of nitrogens with zero attached hydrogens (tertiary/aromatic N) is 1. The van der Waals surface area contributed by atoms with Crippen molar-refractivity contribution in [2.45, 2.75) is 18.0 Å². The van der Waals surface area contributed by atoms with E-state index < -0.39 is 29.4 Å². The Morgan fingerprint density at radius 3 is 2.57 bits per heavy atom. The first-order valence-corrected chi connectivity index (χ1v) is 9.58. The van der Waals surface area contributed by atoms with Gasteiger partial charge in [-0.2, -0.15) is 0 Å². The number of carboxylic acids is 1. The minimum atomic E-state index is -1.10. The number of carboxylic acid groups (broad SMARTS) is 1. The summed E-state index contributed by atoms with van der Waals surface area (Å²) < 4.78 is 10.1. The number of hydrogen-bond donors (Lipinski definition) is 1. The Hall–Kier alpha value is -3.00. The number of ether oxygens (including phenoxy) is 2. The molecule has 0 bridgehead atoms. The first-order valence-electron chi connectivity index (χ1n) is 8.53. The molecule has 1 N–H and O–H groups in total. The van der Waals surface area contributed by atoms with Crippen molar-refractivity contribution >= 4 is 29.8 Å². The maximum Gasteiger partial charge on any atom is 0.412 e. The molecule has 0 spiro atoms. The fourth-order valence-electron chi connectivity index (χ4n) is 2.91. The molecule has 1 aliphatic heterocycles. The Kier molecular flexibility index (Phi) is 6.20. The van der Waals surface area contributed by atoms with Gasteiger partial charge in [0, 0.05) is 5.75 Å². The highest BCUT2D eigenvalue weighted by Gasteiger charge is 2.43. The van der Waals surface area contributed by atoms with Crippen molar-refractivity contribution in [3.8, 4) is 0 Å². The summed E-state index contributed by atoms with van der Waals surface area (Å²) in [5.74, 6) is -1.38. The van der Waals surface area contributed by atoms with E-state index in [2.05, 4.69) is 0 Å². The van der Waals surface area contributed by atoms with Gasteiger partial charge in [-0.05, 0) is 23.3 Å². The summed E-state index contributed by atoms with van der Waals surface area (Å²) in [4.78, 5) is 37.4. The first kappa shape index (κ1) is 19.8. The van der Waals surface area contributed by atoms with Gasteiger partial charge in [-0.25, -0.2) is 14.4 Å². The van der Waals surface area contributed by atoms with Crippen LogP contribution in [0.25, 0.3) is 0 Å². The van der Waals surface area contributed by atoms with E-state index in [1.54, 1.807) is 24.3 Å². The van der Waals surface area contributed by atoms with E-state index in [0.29, 0.717) is 11.1 Å². The smallest absolute Gasteiger partial charge is 0.412 e. The van der Waals surface area contributed by atoms with Crippen LogP contribution in [-0.2, 0) is 20.9 Å². The van der Waals surface area contributed by atoms with Crippen molar-refractivity contribution in [1.82, 2.24) is 4.90 Å². The lowest BCUT2D eigenvalue weighted by molar-refractivity contribution is -0.141. The van der Waals surface area contributed by atoms with Gasteiger partial charge >= 0.3 is 18.0 Å². The molecule has 2 atom stereocenters. The zero-order chi connectivity index (χ0) is 20.1. The molecule has 7 nitrogen and oxygen atoms in total. The van der Waals surface area contributed by atoms with Crippen molar-refractivity contribution in [2.75, 3.05) is 12.9 Å². The molecule has 2 aromatic carbocycles. The molecule has 2 aromatic rings. The molecule has 1 fully saturated rings. The zero-order valence-electron chi connectivity index (χ0n) is 15.1. The SMILES string of the molecule is COC(=O)c1cccc([C@H]2SCC(C(=O)O)N2C(=O)OCc2ccccc2)c1. The average molecular weight is 401 g/mol. The number of carbonyl (C=O) groups is 3. The Morgan fingerprint density at radius 1 is 1.14 bits per heavy atom. The monoisotopic (exact) mass is 401 g/mol. The molecule has 0 aliphatic carbocycles. The summed E-state index contributed by atoms with van der Waals surface area (Å²) in [7, 11) is 1.28. The van der Waals surface area contributed by atoms with E-state index in [4.69, 9.17) is 9.47 Å². The molecule has 146 valence electrons. The van der Waals surface area contributed by atoms with Crippen molar-refractivity contribution < 1.29 is 29.0 Å². The second kappa shape index (κ2) is 8.79. The molecule has 1 aliphatic rings. The van der Waals surface area contributed by atoms with Crippen LogP contribution in [0.3, 0.4) is 0 Å². The van der Waals surface area contributed by atoms with Crippen LogP contribution in [-0.4, -0.2) is 46.9 Å². The third-order valence-corrected chi connectivity index (χ3v) is 5.62. The maximum absolute atomic E-state index is 12.7. The van der Waals surface area contributed by atoms with Crippen LogP contribution in [0.1, 0.15) is 26.9 Å². The number of amides is 1. The molecule has 1 amide bonds. The third-order valence-electron chi connectivity index (χ3n) is 4.29. The Balaban J connectivity index is 1.83. The molecule has 1 saturated heterocycles. The molecule has 0 saturated carbocycles. The van der Waals surface area contributed by atoms with Crippen molar-refractivity contribution in [3.63, 3.8) is 0 Å². The highest BCUT2D eigenvalue weighted by atomic mass is 32.2. The topological polar surface area (TPSA) is 93.1 Å². The minimum absolute atomic E-state index is 0.0437. The van der Waals surface area contributed by atoms with Gasteiger partial charge in [-0.3, -0.25) is 4.90 Å². The summed E-state index contributed by atoms with van der Waals surface area (Å²) in [6, 6.07) is 14.7. The molecule has 1 unspecified atom stereocenters. The van der Waals surface area contributed by atoms with Crippen LogP contribution in [0.2, 0.25) is 0 Å².